The standard InChI is InChI=1S/C26H30N2O3/c1-28(2)18-23-24(29)16-22(17-25(23)30)20-12-8-13-21(15-20)26(31)27-14-7-6-11-19-9-4-3-5-10-19/h3-5,8-10,12-13,15,18,22H,6-7,11,14,16-17H2,1-2H3,(H,27,31). The van der Waals surface area contributed by atoms with Gasteiger partial charge in [0.1, 0.15) is 0 Å². The van der Waals surface area contributed by atoms with E-state index in [0.717, 1.165) is 24.8 Å². The lowest BCUT2D eigenvalue weighted by Crippen LogP contribution is -2.27. The number of carbonyl (C=O) groups excluding carboxylic acids is 3. The van der Waals surface area contributed by atoms with E-state index in [1.807, 2.05) is 36.4 Å². The Kier molecular flexibility index (Phi) is 7.76. The first-order valence-corrected chi connectivity index (χ1v) is 10.8. The number of hydrogen-bond donors (Lipinski definition) is 1. The molecular formula is C26H30N2O3. The Labute approximate surface area is 184 Å². The molecule has 0 heterocycles. The van der Waals surface area contributed by atoms with Gasteiger partial charge in [-0.2, -0.15) is 0 Å². The van der Waals surface area contributed by atoms with Crippen molar-refractivity contribution in [3.05, 3.63) is 83.1 Å². The van der Waals surface area contributed by atoms with Crippen molar-refractivity contribution in [3.8, 4) is 0 Å². The summed E-state index contributed by atoms with van der Waals surface area (Å²) in [4.78, 5) is 39.2. The van der Waals surface area contributed by atoms with Gasteiger partial charge in [0.15, 0.2) is 11.6 Å². The van der Waals surface area contributed by atoms with Crippen molar-refractivity contribution in [1.82, 2.24) is 10.2 Å². The molecule has 2 aromatic rings. The number of carbonyl (C=O) groups is 3. The van der Waals surface area contributed by atoms with Gasteiger partial charge in [0.2, 0.25) is 0 Å². The van der Waals surface area contributed by atoms with Gasteiger partial charge in [0.05, 0.1) is 5.57 Å². The minimum absolute atomic E-state index is 0.122. The van der Waals surface area contributed by atoms with Crippen LogP contribution in [-0.2, 0) is 16.0 Å². The van der Waals surface area contributed by atoms with Crippen LogP contribution in [0.4, 0.5) is 0 Å². The molecule has 1 saturated carbocycles. The fourth-order valence-corrected chi connectivity index (χ4v) is 3.87. The second kappa shape index (κ2) is 10.7. The van der Waals surface area contributed by atoms with E-state index < -0.39 is 0 Å². The van der Waals surface area contributed by atoms with Gasteiger partial charge in [-0.25, -0.2) is 0 Å². The summed E-state index contributed by atoms with van der Waals surface area (Å²) in [6.07, 6.45) is 5.10. The highest BCUT2D eigenvalue weighted by Gasteiger charge is 2.31. The number of unbranched alkanes of at least 4 members (excludes halogenated alkanes) is 1. The topological polar surface area (TPSA) is 66.5 Å². The molecule has 1 N–H and O–H groups in total. The number of benzene rings is 2. The molecule has 0 aromatic heterocycles. The molecule has 0 saturated heterocycles. The summed E-state index contributed by atoms with van der Waals surface area (Å²) < 4.78 is 0. The van der Waals surface area contributed by atoms with Crippen molar-refractivity contribution in [1.29, 1.82) is 0 Å². The molecule has 1 fully saturated rings. The molecule has 0 bridgehead atoms. The van der Waals surface area contributed by atoms with E-state index >= 15 is 0 Å². The zero-order chi connectivity index (χ0) is 22.2. The molecule has 1 aliphatic rings. The molecule has 0 aliphatic heterocycles. The summed E-state index contributed by atoms with van der Waals surface area (Å²) in [6.45, 7) is 0.620. The summed E-state index contributed by atoms with van der Waals surface area (Å²) >= 11 is 0. The van der Waals surface area contributed by atoms with Crippen molar-refractivity contribution in [2.45, 2.75) is 38.0 Å². The number of aryl methyl sites for hydroxylation is 1. The Morgan fingerprint density at radius 3 is 2.39 bits per heavy atom. The van der Waals surface area contributed by atoms with Crippen molar-refractivity contribution < 1.29 is 14.4 Å². The van der Waals surface area contributed by atoms with Gasteiger partial charge in [0, 0.05) is 45.2 Å². The maximum Gasteiger partial charge on any atom is 0.251 e. The zero-order valence-electron chi connectivity index (χ0n) is 18.3. The van der Waals surface area contributed by atoms with Gasteiger partial charge in [-0.05, 0) is 48.4 Å². The maximum absolute atomic E-state index is 12.6. The van der Waals surface area contributed by atoms with Gasteiger partial charge in [0.25, 0.3) is 5.91 Å². The fraction of sp³-hybridized carbons (Fsp3) is 0.346. The number of rotatable bonds is 8. The summed E-state index contributed by atoms with van der Waals surface area (Å²) in [5.74, 6) is -0.576. The zero-order valence-corrected chi connectivity index (χ0v) is 18.3. The smallest absolute Gasteiger partial charge is 0.251 e. The number of allylic oxidation sites excluding steroid dienone is 1. The van der Waals surface area contributed by atoms with E-state index in [1.165, 1.54) is 5.56 Å². The SMILES string of the molecule is CN(C)C=C1C(=O)CC(c2cccc(C(=O)NCCCCc3ccccc3)c2)CC1=O. The van der Waals surface area contributed by atoms with Crippen LogP contribution < -0.4 is 5.32 Å². The van der Waals surface area contributed by atoms with Gasteiger partial charge >= 0.3 is 0 Å². The van der Waals surface area contributed by atoms with E-state index in [0.29, 0.717) is 12.1 Å². The Morgan fingerprint density at radius 2 is 1.71 bits per heavy atom. The molecule has 1 amide bonds. The largest absolute Gasteiger partial charge is 0.383 e. The first-order chi connectivity index (χ1) is 14.9. The van der Waals surface area contributed by atoms with Gasteiger partial charge < -0.3 is 10.2 Å². The van der Waals surface area contributed by atoms with E-state index in [9.17, 15) is 14.4 Å². The van der Waals surface area contributed by atoms with E-state index in [1.54, 1.807) is 31.3 Å². The molecule has 0 spiro atoms. The number of hydrogen-bond acceptors (Lipinski definition) is 4. The molecule has 5 nitrogen and oxygen atoms in total. The predicted octanol–water partition coefficient (Wildman–Crippen LogP) is 3.90. The average molecular weight is 419 g/mol. The van der Waals surface area contributed by atoms with Crippen LogP contribution in [0.2, 0.25) is 0 Å². The Morgan fingerprint density at radius 1 is 1.00 bits per heavy atom. The fourth-order valence-electron chi connectivity index (χ4n) is 3.87. The molecule has 162 valence electrons. The van der Waals surface area contributed by atoms with E-state index in [4.69, 9.17) is 0 Å². The van der Waals surface area contributed by atoms with E-state index in [2.05, 4.69) is 17.4 Å². The molecule has 3 rings (SSSR count). The van der Waals surface area contributed by atoms with Crippen LogP contribution in [0, 0.1) is 0 Å². The maximum atomic E-state index is 12.6. The highest BCUT2D eigenvalue weighted by molar-refractivity contribution is 6.22. The molecular weight excluding hydrogens is 388 g/mol. The number of amides is 1. The minimum atomic E-state index is -0.182. The van der Waals surface area contributed by atoms with Crippen molar-refractivity contribution in [3.63, 3.8) is 0 Å². The third kappa shape index (κ3) is 6.38. The van der Waals surface area contributed by atoms with E-state index in [-0.39, 0.29) is 41.8 Å². The highest BCUT2D eigenvalue weighted by atomic mass is 16.2. The number of Topliss-reactive ketones (excluding diaryl/α,β-unsaturated/α-hetero) is 2. The first-order valence-electron chi connectivity index (χ1n) is 10.8. The first kappa shape index (κ1) is 22.5. The Hall–Kier alpha value is -3.21. The van der Waals surface area contributed by atoms with Crippen LogP contribution in [0.5, 0.6) is 0 Å². The number of nitrogens with zero attached hydrogens (tertiary/aromatic N) is 1. The predicted molar refractivity (Wildman–Crippen MR) is 122 cm³/mol. The van der Waals surface area contributed by atoms with Crippen molar-refractivity contribution in [2.24, 2.45) is 0 Å². The number of nitrogens with one attached hydrogen (secondary N) is 1. The summed E-state index contributed by atoms with van der Waals surface area (Å²) in [5, 5.41) is 2.97. The summed E-state index contributed by atoms with van der Waals surface area (Å²) in [6, 6.07) is 17.6. The molecule has 1 aliphatic carbocycles. The third-order valence-corrected chi connectivity index (χ3v) is 5.49. The minimum Gasteiger partial charge on any atom is -0.383 e. The molecule has 5 heteroatoms. The lowest BCUT2D eigenvalue weighted by atomic mass is 9.80. The van der Waals surface area contributed by atoms with Crippen LogP contribution in [0.1, 0.15) is 53.1 Å². The molecule has 0 radical (unpaired) electrons. The van der Waals surface area contributed by atoms with Gasteiger partial charge in [-0.15, -0.1) is 0 Å². The summed E-state index contributed by atoms with van der Waals surface area (Å²) in [5.41, 5.74) is 3.00. The Bertz CT molecular complexity index is 944. The quantitative estimate of drug-likeness (QED) is 0.401. The van der Waals surface area contributed by atoms with Gasteiger partial charge in [-0.1, -0.05) is 42.5 Å². The molecule has 31 heavy (non-hydrogen) atoms. The lowest BCUT2D eigenvalue weighted by molar-refractivity contribution is -0.124. The average Bonchev–Trinajstić information content (AvgIpc) is 2.76. The van der Waals surface area contributed by atoms with Crippen LogP contribution in [0.25, 0.3) is 0 Å². The van der Waals surface area contributed by atoms with Crippen LogP contribution in [0.15, 0.2) is 66.4 Å². The monoisotopic (exact) mass is 418 g/mol. The second-order valence-corrected chi connectivity index (χ2v) is 8.28. The lowest BCUT2D eigenvalue weighted by Gasteiger charge is -2.23. The van der Waals surface area contributed by atoms with Crippen molar-refractivity contribution >= 4 is 17.5 Å². The van der Waals surface area contributed by atoms with Crippen molar-refractivity contribution in [2.75, 3.05) is 20.6 Å². The Balaban J connectivity index is 1.53. The molecule has 0 atom stereocenters. The summed E-state index contributed by atoms with van der Waals surface area (Å²) in [7, 11) is 3.59. The highest BCUT2D eigenvalue weighted by Crippen LogP contribution is 2.32. The molecule has 2 aromatic carbocycles. The van der Waals surface area contributed by atoms with Crippen LogP contribution >= 0.6 is 0 Å². The van der Waals surface area contributed by atoms with Crippen LogP contribution in [-0.4, -0.2) is 43.0 Å². The normalized spacial score (nSPS) is 16.2. The van der Waals surface area contributed by atoms with Gasteiger partial charge in [-0.3, -0.25) is 14.4 Å². The third-order valence-electron chi connectivity index (χ3n) is 5.49. The second-order valence-electron chi connectivity index (χ2n) is 8.28. The van der Waals surface area contributed by atoms with Crippen LogP contribution in [0.3, 0.4) is 0 Å². The molecule has 0 unspecified atom stereocenters. The number of ketones is 2.